The maximum absolute atomic E-state index is 5.29. The molecule has 3 atom stereocenters. The van der Waals surface area contributed by atoms with Crippen molar-refractivity contribution in [3.63, 3.8) is 0 Å². The molecule has 1 aliphatic carbocycles. The molecule has 0 saturated carbocycles. The van der Waals surface area contributed by atoms with Crippen LogP contribution in [0.3, 0.4) is 0 Å². The first-order valence-electron chi connectivity index (χ1n) is 16.1. The van der Waals surface area contributed by atoms with Gasteiger partial charge in [0.2, 0.25) is 0 Å². The monoisotopic (exact) mass is 621 g/mol. The second-order valence-electron chi connectivity index (χ2n) is 12.2. The largest absolute Gasteiger partial charge is 0.368 e. The zero-order chi connectivity index (χ0) is 31.2. The maximum atomic E-state index is 5.29. The molecule has 47 heavy (non-hydrogen) atoms. The smallest absolute Gasteiger partial charge is 0.160 e. The van der Waals surface area contributed by atoms with Crippen molar-refractivity contribution in [2.24, 2.45) is 0 Å². The number of nitrogens with zero attached hydrogens (tertiary/aromatic N) is 2. The number of hydrogen-bond acceptors (Lipinski definition) is 4. The van der Waals surface area contributed by atoms with E-state index < -0.39 is 0 Å². The summed E-state index contributed by atoms with van der Waals surface area (Å²) in [6.45, 7) is 0. The molecular formula is C43H31N3S. The van der Waals surface area contributed by atoms with Gasteiger partial charge in [0, 0.05) is 33.2 Å². The van der Waals surface area contributed by atoms with Gasteiger partial charge >= 0.3 is 0 Å². The van der Waals surface area contributed by atoms with Gasteiger partial charge in [0.25, 0.3) is 0 Å². The minimum atomic E-state index is 0.0970. The first-order chi connectivity index (χ1) is 23.3. The molecule has 0 bridgehead atoms. The van der Waals surface area contributed by atoms with E-state index in [9.17, 15) is 0 Å². The fourth-order valence-electron chi connectivity index (χ4n) is 6.99. The number of nitrogens with one attached hydrogen (secondary N) is 1. The van der Waals surface area contributed by atoms with Crippen molar-refractivity contribution in [2.45, 2.75) is 22.1 Å². The average molecular weight is 622 g/mol. The summed E-state index contributed by atoms with van der Waals surface area (Å²) in [5.41, 5.74) is 7.84. The van der Waals surface area contributed by atoms with E-state index in [4.69, 9.17) is 9.97 Å². The SMILES string of the molecule is C1=CC(c2ccccc2)C(c2cc(-c3ccccc3)nc(-c3ccc4c(ccc5ccc6c(c54)NC(c4ccccc4)S6)c3)n2)C=C1. The summed E-state index contributed by atoms with van der Waals surface area (Å²) < 4.78 is 0. The fraction of sp³-hybridized carbons (Fsp3) is 0.0698. The van der Waals surface area contributed by atoms with Crippen LogP contribution in [0.5, 0.6) is 0 Å². The van der Waals surface area contributed by atoms with Crippen LogP contribution in [0.15, 0.2) is 169 Å². The molecule has 4 heteroatoms. The number of hydrogen-bond donors (Lipinski definition) is 1. The number of fused-ring (bicyclic) bond motifs is 5. The summed E-state index contributed by atoms with van der Waals surface area (Å²) in [5, 5.41) is 8.95. The second kappa shape index (κ2) is 11.7. The van der Waals surface area contributed by atoms with Gasteiger partial charge in [-0.05, 0) is 45.5 Å². The fourth-order valence-corrected chi connectivity index (χ4v) is 8.14. The van der Waals surface area contributed by atoms with E-state index in [1.165, 1.54) is 43.3 Å². The van der Waals surface area contributed by atoms with Gasteiger partial charge in [-0.25, -0.2) is 9.97 Å². The Labute approximate surface area is 278 Å². The molecule has 1 aliphatic heterocycles. The molecule has 0 spiro atoms. The van der Waals surface area contributed by atoms with Crippen molar-refractivity contribution in [2.75, 3.05) is 5.32 Å². The van der Waals surface area contributed by atoms with Gasteiger partial charge in [-0.2, -0.15) is 0 Å². The van der Waals surface area contributed by atoms with Gasteiger partial charge in [-0.15, -0.1) is 0 Å². The highest BCUT2D eigenvalue weighted by Crippen LogP contribution is 2.50. The first kappa shape index (κ1) is 27.8. The molecular weight excluding hydrogens is 591 g/mol. The molecule has 7 aromatic rings. The Hall–Kier alpha value is -5.45. The Morgan fingerprint density at radius 3 is 2.02 bits per heavy atom. The maximum Gasteiger partial charge on any atom is 0.160 e. The van der Waals surface area contributed by atoms with E-state index in [1.54, 1.807) is 0 Å². The highest BCUT2D eigenvalue weighted by atomic mass is 32.2. The van der Waals surface area contributed by atoms with E-state index in [0.717, 1.165) is 28.3 Å². The van der Waals surface area contributed by atoms with E-state index in [1.807, 2.05) is 17.8 Å². The zero-order valence-corrected chi connectivity index (χ0v) is 26.4. The molecule has 2 aliphatic rings. The second-order valence-corrected chi connectivity index (χ2v) is 13.3. The lowest BCUT2D eigenvalue weighted by atomic mass is 9.80. The van der Waals surface area contributed by atoms with Crippen molar-refractivity contribution < 1.29 is 0 Å². The summed E-state index contributed by atoms with van der Waals surface area (Å²) in [6, 6.07) is 49.7. The quantitative estimate of drug-likeness (QED) is 0.194. The third kappa shape index (κ3) is 5.11. The standard InChI is InChI=1S/C43H31N3S/c1-4-12-28(13-5-1)34-18-10-11-19-36(34)38-27-37(29-14-6-2-7-15-29)44-42(45-38)33-22-24-35-32(26-33)21-20-30-23-25-39-41(40(30)35)46-43(47-39)31-16-8-3-9-17-31/h1-27,34,36,43,46H. The highest BCUT2D eigenvalue weighted by Gasteiger charge is 2.27. The molecule has 224 valence electrons. The first-order valence-corrected chi connectivity index (χ1v) is 17.0. The third-order valence-corrected chi connectivity index (χ3v) is 10.5. The van der Waals surface area contributed by atoms with Crippen LogP contribution in [-0.2, 0) is 0 Å². The number of rotatable bonds is 5. The Balaban J connectivity index is 1.16. The van der Waals surface area contributed by atoms with Gasteiger partial charge in [0.15, 0.2) is 5.82 Å². The van der Waals surface area contributed by atoms with E-state index in [2.05, 4.69) is 163 Å². The van der Waals surface area contributed by atoms with E-state index >= 15 is 0 Å². The molecule has 0 saturated heterocycles. The number of benzene rings is 6. The molecule has 6 aromatic carbocycles. The van der Waals surface area contributed by atoms with Crippen LogP contribution in [0.2, 0.25) is 0 Å². The predicted octanol–water partition coefficient (Wildman–Crippen LogP) is 11.3. The predicted molar refractivity (Wildman–Crippen MR) is 197 cm³/mol. The van der Waals surface area contributed by atoms with Gasteiger partial charge in [0.1, 0.15) is 5.37 Å². The lowest BCUT2D eigenvalue weighted by molar-refractivity contribution is 0.706. The van der Waals surface area contributed by atoms with Crippen LogP contribution in [-0.4, -0.2) is 9.97 Å². The van der Waals surface area contributed by atoms with Gasteiger partial charge in [-0.1, -0.05) is 157 Å². The number of allylic oxidation sites excluding steroid dienone is 4. The van der Waals surface area contributed by atoms with Crippen LogP contribution in [0.1, 0.15) is 34.0 Å². The van der Waals surface area contributed by atoms with Crippen molar-refractivity contribution >= 4 is 39.0 Å². The summed E-state index contributed by atoms with van der Waals surface area (Å²) in [4.78, 5) is 11.7. The number of anilines is 1. The van der Waals surface area contributed by atoms with Gasteiger partial charge in [0.05, 0.1) is 17.1 Å². The topological polar surface area (TPSA) is 37.8 Å². The number of thioether (sulfide) groups is 1. The van der Waals surface area contributed by atoms with E-state index in [0.29, 0.717) is 0 Å². The van der Waals surface area contributed by atoms with Crippen LogP contribution < -0.4 is 5.32 Å². The molecule has 3 nitrogen and oxygen atoms in total. The summed E-state index contributed by atoms with van der Waals surface area (Å²) in [5.74, 6) is 1.04. The zero-order valence-electron chi connectivity index (χ0n) is 25.6. The molecule has 0 amide bonds. The van der Waals surface area contributed by atoms with Crippen molar-refractivity contribution in [3.8, 4) is 22.6 Å². The average Bonchev–Trinajstić information content (AvgIpc) is 3.60. The Morgan fingerprint density at radius 1 is 0.553 bits per heavy atom. The lowest BCUT2D eigenvalue weighted by Crippen LogP contribution is -2.12. The van der Waals surface area contributed by atoms with Gasteiger partial charge < -0.3 is 5.32 Å². The summed E-state index contributed by atoms with van der Waals surface area (Å²) >= 11 is 1.88. The van der Waals surface area contributed by atoms with Crippen LogP contribution in [0.4, 0.5) is 5.69 Å². The van der Waals surface area contributed by atoms with Crippen molar-refractivity contribution in [3.05, 3.63) is 181 Å². The highest BCUT2D eigenvalue weighted by molar-refractivity contribution is 8.00. The van der Waals surface area contributed by atoms with E-state index in [-0.39, 0.29) is 17.2 Å². The van der Waals surface area contributed by atoms with Crippen molar-refractivity contribution in [1.29, 1.82) is 0 Å². The Bertz CT molecular complexity index is 2310. The molecule has 1 aromatic heterocycles. The molecule has 9 rings (SSSR count). The van der Waals surface area contributed by atoms with Crippen molar-refractivity contribution in [1.82, 2.24) is 9.97 Å². The minimum Gasteiger partial charge on any atom is -0.368 e. The molecule has 0 radical (unpaired) electrons. The Kier molecular flexibility index (Phi) is 6.94. The van der Waals surface area contributed by atoms with Crippen LogP contribution >= 0.6 is 11.8 Å². The molecule has 3 unspecified atom stereocenters. The summed E-state index contributed by atoms with van der Waals surface area (Å²) in [6.07, 6.45) is 8.86. The lowest BCUT2D eigenvalue weighted by Gasteiger charge is -2.25. The number of aromatic nitrogens is 2. The molecule has 1 N–H and O–H groups in total. The van der Waals surface area contributed by atoms with Gasteiger partial charge in [-0.3, -0.25) is 0 Å². The minimum absolute atomic E-state index is 0.0970. The third-order valence-electron chi connectivity index (χ3n) is 9.32. The normalized spacial score (nSPS) is 18.3. The molecule has 0 fully saturated rings. The Morgan fingerprint density at radius 2 is 1.23 bits per heavy atom. The van der Waals surface area contributed by atoms with Crippen LogP contribution in [0, 0.1) is 0 Å². The van der Waals surface area contributed by atoms with Crippen LogP contribution in [0.25, 0.3) is 44.2 Å². The summed E-state index contributed by atoms with van der Waals surface area (Å²) in [7, 11) is 0. The molecule has 2 heterocycles.